The number of fused-ring (bicyclic) bond motifs is 1. The van der Waals surface area contributed by atoms with E-state index >= 15 is 0 Å². The van der Waals surface area contributed by atoms with E-state index in [-0.39, 0.29) is 17.0 Å². The van der Waals surface area contributed by atoms with Gasteiger partial charge < -0.3 is 0 Å². The smallest absolute Gasteiger partial charge is 0.242 e. The van der Waals surface area contributed by atoms with Crippen molar-refractivity contribution in [2.45, 2.75) is 43.1 Å². The molecule has 0 fully saturated rings. The molecule has 2 heterocycles. The molecule has 1 aliphatic rings. The number of aromatic nitrogens is 3. The molecule has 0 spiro atoms. The van der Waals surface area contributed by atoms with Crippen LogP contribution in [0.5, 0.6) is 0 Å². The summed E-state index contributed by atoms with van der Waals surface area (Å²) in [7, 11) is -1.90. The van der Waals surface area contributed by atoms with Crippen molar-refractivity contribution in [2.75, 3.05) is 0 Å². The SMILES string of the molecule is CC1CC(F)c2nc(S(=O)C(C)F)nn21.c1ccccc1. The van der Waals surface area contributed by atoms with Crippen molar-refractivity contribution < 1.29 is 13.0 Å². The first-order valence-electron chi connectivity index (χ1n) is 6.66. The van der Waals surface area contributed by atoms with Gasteiger partial charge >= 0.3 is 0 Å². The van der Waals surface area contributed by atoms with Gasteiger partial charge in [-0.3, -0.25) is 0 Å². The van der Waals surface area contributed by atoms with Crippen LogP contribution in [0, 0.1) is 0 Å². The summed E-state index contributed by atoms with van der Waals surface area (Å²) < 4.78 is 38.8. The normalized spacial score (nSPS) is 22.9. The Kier molecular flexibility index (Phi) is 5.17. The average molecular weight is 313 g/mol. The largest absolute Gasteiger partial charge is 0.248 e. The van der Waals surface area contributed by atoms with Gasteiger partial charge in [0.25, 0.3) is 0 Å². The van der Waals surface area contributed by atoms with E-state index in [4.69, 9.17) is 0 Å². The number of alkyl halides is 2. The van der Waals surface area contributed by atoms with Gasteiger partial charge in [0.2, 0.25) is 5.16 Å². The van der Waals surface area contributed by atoms with Crippen molar-refractivity contribution in [1.29, 1.82) is 0 Å². The molecule has 3 rings (SSSR count). The Balaban J connectivity index is 0.000000225. The first-order valence-corrected chi connectivity index (χ1v) is 7.87. The summed E-state index contributed by atoms with van der Waals surface area (Å²) in [6.45, 7) is 2.96. The molecule has 4 nitrogen and oxygen atoms in total. The fraction of sp³-hybridized carbons (Fsp3) is 0.429. The molecule has 21 heavy (non-hydrogen) atoms. The predicted octanol–water partition coefficient (Wildman–Crippen LogP) is 3.36. The molecule has 0 saturated carbocycles. The molecular weight excluding hydrogens is 296 g/mol. The maximum Gasteiger partial charge on any atom is 0.242 e. The molecule has 1 aromatic carbocycles. The first kappa shape index (κ1) is 15.8. The Hall–Kier alpha value is -1.63. The van der Waals surface area contributed by atoms with Gasteiger partial charge in [-0.15, -0.1) is 5.10 Å². The Morgan fingerprint density at radius 3 is 2.24 bits per heavy atom. The molecule has 1 aromatic heterocycles. The van der Waals surface area contributed by atoms with Gasteiger partial charge in [-0.05, 0) is 13.8 Å². The highest BCUT2D eigenvalue weighted by molar-refractivity contribution is 7.85. The summed E-state index contributed by atoms with van der Waals surface area (Å²) in [6, 6.07) is 11.9. The molecule has 0 aliphatic carbocycles. The van der Waals surface area contributed by atoms with Gasteiger partial charge in [-0.2, -0.15) is 0 Å². The van der Waals surface area contributed by atoms with Crippen LogP contribution >= 0.6 is 0 Å². The third-order valence-electron chi connectivity index (χ3n) is 3.03. The van der Waals surface area contributed by atoms with Gasteiger partial charge in [0.15, 0.2) is 17.5 Å². The van der Waals surface area contributed by atoms with E-state index in [1.54, 1.807) is 6.92 Å². The van der Waals surface area contributed by atoms with Gasteiger partial charge in [0.05, 0.1) is 6.04 Å². The summed E-state index contributed by atoms with van der Waals surface area (Å²) in [5.74, 6) is 0.159. The van der Waals surface area contributed by atoms with Crippen LogP contribution in [-0.4, -0.2) is 24.5 Å². The lowest BCUT2D eigenvalue weighted by Gasteiger charge is -2.02. The van der Waals surface area contributed by atoms with Crippen LogP contribution in [0.3, 0.4) is 0 Å². The van der Waals surface area contributed by atoms with Gasteiger partial charge in [-0.25, -0.2) is 22.7 Å². The van der Waals surface area contributed by atoms with E-state index in [9.17, 15) is 13.0 Å². The summed E-state index contributed by atoms with van der Waals surface area (Å²) in [4.78, 5) is 3.78. The molecule has 0 saturated heterocycles. The van der Waals surface area contributed by atoms with Crippen molar-refractivity contribution in [1.82, 2.24) is 14.8 Å². The van der Waals surface area contributed by atoms with Crippen molar-refractivity contribution >= 4 is 10.8 Å². The summed E-state index contributed by atoms with van der Waals surface area (Å²) >= 11 is 0. The summed E-state index contributed by atoms with van der Waals surface area (Å²) in [5, 5.41) is 3.75. The zero-order valence-electron chi connectivity index (χ0n) is 11.8. The van der Waals surface area contributed by atoms with Crippen molar-refractivity contribution in [2.24, 2.45) is 0 Å². The third-order valence-corrected chi connectivity index (χ3v) is 4.15. The Labute approximate surface area is 124 Å². The number of halogens is 2. The number of hydrogen-bond acceptors (Lipinski definition) is 3. The second kappa shape index (κ2) is 6.89. The Bertz CT molecular complexity index is 551. The van der Waals surface area contributed by atoms with Crippen LogP contribution in [0.2, 0.25) is 0 Å². The molecule has 114 valence electrons. The highest BCUT2D eigenvalue weighted by Gasteiger charge is 2.33. The molecule has 1 aliphatic heterocycles. The van der Waals surface area contributed by atoms with Crippen molar-refractivity contribution in [3.8, 4) is 0 Å². The molecule has 4 unspecified atom stereocenters. The van der Waals surface area contributed by atoms with Gasteiger partial charge in [0.1, 0.15) is 10.8 Å². The number of rotatable bonds is 2. The number of hydrogen-bond donors (Lipinski definition) is 0. The lowest BCUT2D eigenvalue weighted by atomic mass is 10.2. The molecule has 0 amide bonds. The average Bonchev–Trinajstić information content (AvgIpc) is 3.03. The summed E-state index contributed by atoms with van der Waals surface area (Å²) in [5.41, 5.74) is -1.54. The minimum absolute atomic E-state index is 0.108. The molecule has 0 radical (unpaired) electrons. The Morgan fingerprint density at radius 2 is 1.81 bits per heavy atom. The summed E-state index contributed by atoms with van der Waals surface area (Å²) in [6.07, 6.45) is -0.860. The van der Waals surface area contributed by atoms with Crippen LogP contribution in [0.1, 0.15) is 38.3 Å². The standard InChI is InChI=1S/C8H11F2N3OS.C6H6/c1-4-3-6(10)7-11-8(12-13(4)7)15(14)5(2)9;1-2-4-6-5-3-1/h4-6H,3H2,1-2H3;1-6H. The monoisotopic (exact) mass is 313 g/mol. The van der Waals surface area contributed by atoms with E-state index in [2.05, 4.69) is 10.1 Å². The van der Waals surface area contributed by atoms with Gasteiger partial charge in [0, 0.05) is 6.42 Å². The van der Waals surface area contributed by atoms with E-state index in [0.717, 1.165) is 0 Å². The molecule has 7 heteroatoms. The topological polar surface area (TPSA) is 47.8 Å². The van der Waals surface area contributed by atoms with Gasteiger partial charge in [-0.1, -0.05) is 36.4 Å². The van der Waals surface area contributed by atoms with Crippen molar-refractivity contribution in [3.05, 3.63) is 42.2 Å². The zero-order valence-corrected chi connectivity index (χ0v) is 12.6. The fourth-order valence-electron chi connectivity index (χ4n) is 1.97. The van der Waals surface area contributed by atoms with Crippen LogP contribution in [0.15, 0.2) is 41.6 Å². The van der Waals surface area contributed by atoms with Crippen molar-refractivity contribution in [3.63, 3.8) is 0 Å². The number of benzene rings is 1. The van der Waals surface area contributed by atoms with E-state index < -0.39 is 22.5 Å². The minimum atomic E-state index is -1.90. The van der Waals surface area contributed by atoms with Crippen LogP contribution in [0.4, 0.5) is 8.78 Å². The third kappa shape index (κ3) is 3.72. The number of nitrogens with zero attached hydrogens (tertiary/aromatic N) is 3. The lowest BCUT2D eigenvalue weighted by molar-refractivity contribution is 0.322. The second-order valence-electron chi connectivity index (χ2n) is 4.74. The second-order valence-corrected chi connectivity index (χ2v) is 6.35. The maximum atomic E-state index is 13.3. The highest BCUT2D eigenvalue weighted by atomic mass is 32.2. The van der Waals surface area contributed by atoms with E-state index in [0.29, 0.717) is 6.42 Å². The molecule has 0 bridgehead atoms. The molecule has 2 aromatic rings. The highest BCUT2D eigenvalue weighted by Crippen LogP contribution is 2.35. The molecule has 4 atom stereocenters. The first-order chi connectivity index (χ1) is 10.0. The quantitative estimate of drug-likeness (QED) is 0.854. The fourth-order valence-corrected chi connectivity index (χ4v) is 2.62. The predicted molar refractivity (Wildman–Crippen MR) is 76.6 cm³/mol. The Morgan fingerprint density at radius 1 is 1.29 bits per heavy atom. The molecule has 0 N–H and O–H groups in total. The van der Waals surface area contributed by atoms with E-state index in [1.807, 2.05) is 36.4 Å². The minimum Gasteiger partial charge on any atom is -0.248 e. The maximum absolute atomic E-state index is 13.3. The lowest BCUT2D eigenvalue weighted by Crippen LogP contribution is -2.08. The van der Waals surface area contributed by atoms with Crippen LogP contribution in [0.25, 0.3) is 0 Å². The van der Waals surface area contributed by atoms with Crippen LogP contribution < -0.4 is 0 Å². The van der Waals surface area contributed by atoms with E-state index in [1.165, 1.54) is 11.6 Å². The van der Waals surface area contributed by atoms with Crippen LogP contribution in [-0.2, 0) is 10.8 Å². The molecular formula is C14H17F2N3OS. The zero-order chi connectivity index (χ0) is 15.4.